The molecule has 82 valence electrons. The van der Waals surface area contributed by atoms with E-state index in [-0.39, 0.29) is 0 Å². The minimum absolute atomic E-state index is 0.498. The molecule has 0 bridgehead atoms. The van der Waals surface area contributed by atoms with Crippen LogP contribution in [0, 0.1) is 5.92 Å². The van der Waals surface area contributed by atoms with Crippen molar-refractivity contribution in [3.8, 4) is 0 Å². The van der Waals surface area contributed by atoms with Crippen molar-refractivity contribution < 1.29 is 4.74 Å². The van der Waals surface area contributed by atoms with Crippen LogP contribution in [0.4, 0.5) is 0 Å². The Morgan fingerprint density at radius 3 is 2.80 bits per heavy atom. The van der Waals surface area contributed by atoms with E-state index in [9.17, 15) is 0 Å². The highest BCUT2D eigenvalue weighted by atomic mass is 79.9. The van der Waals surface area contributed by atoms with Crippen molar-refractivity contribution in [1.82, 2.24) is 5.32 Å². The number of halogens is 1. The second-order valence-electron chi connectivity index (χ2n) is 4.07. The van der Waals surface area contributed by atoms with Gasteiger partial charge in [0, 0.05) is 24.2 Å². The molecule has 2 rings (SSSR count). The molecule has 3 heteroatoms. The zero-order valence-electron chi connectivity index (χ0n) is 8.87. The Hall–Kier alpha value is -0.380. The van der Waals surface area contributed by atoms with Gasteiger partial charge in [-0.2, -0.15) is 0 Å². The summed E-state index contributed by atoms with van der Waals surface area (Å²) < 4.78 is 6.32. The van der Waals surface area contributed by atoms with Gasteiger partial charge in [0.2, 0.25) is 0 Å². The largest absolute Gasteiger partial charge is 0.384 e. The summed E-state index contributed by atoms with van der Waals surface area (Å²) in [6.07, 6.45) is 1.18. The fourth-order valence-corrected chi connectivity index (χ4v) is 2.38. The average Bonchev–Trinajstić information content (AvgIpc) is 2.68. The normalized spacial score (nSPS) is 25.7. The highest BCUT2D eigenvalue weighted by molar-refractivity contribution is 9.10. The molecular formula is C12H16BrNO. The average molecular weight is 270 g/mol. The summed E-state index contributed by atoms with van der Waals surface area (Å²) in [5, 5.41) is 3.53. The smallest absolute Gasteiger partial charge is 0.0503 e. The molecule has 1 aliphatic rings. The Morgan fingerprint density at radius 2 is 2.13 bits per heavy atom. The predicted molar refractivity (Wildman–Crippen MR) is 64.9 cm³/mol. The van der Waals surface area contributed by atoms with Gasteiger partial charge in [0.25, 0.3) is 0 Å². The number of nitrogens with one attached hydrogen (secondary N) is 1. The molecule has 1 saturated heterocycles. The Kier molecular flexibility index (Phi) is 3.78. The van der Waals surface area contributed by atoms with Crippen LogP contribution in [-0.4, -0.2) is 20.3 Å². The van der Waals surface area contributed by atoms with Crippen molar-refractivity contribution in [3.63, 3.8) is 0 Å². The molecule has 1 fully saturated rings. The molecule has 2 nitrogen and oxygen atoms in total. The van der Waals surface area contributed by atoms with Gasteiger partial charge in [-0.25, -0.2) is 0 Å². The summed E-state index contributed by atoms with van der Waals surface area (Å²) in [5.74, 6) is 0.656. The Morgan fingerprint density at radius 1 is 1.40 bits per heavy atom. The predicted octanol–water partition coefficient (Wildman–Crippen LogP) is 2.75. The van der Waals surface area contributed by atoms with E-state index in [1.807, 2.05) is 0 Å². The van der Waals surface area contributed by atoms with Crippen LogP contribution in [0.25, 0.3) is 0 Å². The molecule has 0 amide bonds. The molecule has 1 aromatic rings. The van der Waals surface area contributed by atoms with E-state index >= 15 is 0 Å². The maximum Gasteiger partial charge on any atom is 0.0503 e. The lowest BCUT2D eigenvalue weighted by Crippen LogP contribution is -2.14. The molecule has 15 heavy (non-hydrogen) atoms. The summed E-state index contributed by atoms with van der Waals surface area (Å²) in [4.78, 5) is 0. The standard InChI is InChI=1S/C12H16BrNO/c1-15-8-9-6-12(14-7-9)10-2-4-11(13)5-3-10/h2-5,9,12,14H,6-8H2,1H3. The zero-order chi connectivity index (χ0) is 10.7. The third-order valence-electron chi connectivity index (χ3n) is 2.90. The first-order valence-corrected chi connectivity index (χ1v) is 6.06. The summed E-state index contributed by atoms with van der Waals surface area (Å²) in [7, 11) is 1.77. The number of benzene rings is 1. The fraction of sp³-hybridized carbons (Fsp3) is 0.500. The first kappa shape index (κ1) is 11.1. The third kappa shape index (κ3) is 2.80. The first-order chi connectivity index (χ1) is 7.29. The summed E-state index contributed by atoms with van der Waals surface area (Å²) in [5.41, 5.74) is 1.37. The van der Waals surface area contributed by atoms with E-state index in [2.05, 4.69) is 45.5 Å². The molecule has 1 aliphatic heterocycles. The molecule has 2 atom stereocenters. The topological polar surface area (TPSA) is 21.3 Å². The van der Waals surface area contributed by atoms with E-state index in [0.717, 1.165) is 17.6 Å². The number of ether oxygens (including phenoxy) is 1. The Bertz CT molecular complexity index is 312. The van der Waals surface area contributed by atoms with Crippen LogP contribution in [0.3, 0.4) is 0 Å². The van der Waals surface area contributed by atoms with Gasteiger partial charge < -0.3 is 10.1 Å². The van der Waals surface area contributed by atoms with E-state index in [0.29, 0.717) is 12.0 Å². The molecule has 1 N–H and O–H groups in total. The van der Waals surface area contributed by atoms with Crippen molar-refractivity contribution in [2.75, 3.05) is 20.3 Å². The van der Waals surface area contributed by atoms with Crippen LogP contribution in [0.15, 0.2) is 28.7 Å². The number of methoxy groups -OCH3 is 1. The molecule has 0 radical (unpaired) electrons. The fourth-order valence-electron chi connectivity index (χ4n) is 2.12. The molecule has 0 aromatic heterocycles. The molecular weight excluding hydrogens is 254 g/mol. The third-order valence-corrected chi connectivity index (χ3v) is 3.43. The molecule has 1 heterocycles. The maximum absolute atomic E-state index is 5.18. The van der Waals surface area contributed by atoms with Gasteiger partial charge >= 0.3 is 0 Å². The SMILES string of the molecule is COCC1CNC(c2ccc(Br)cc2)C1. The lowest BCUT2D eigenvalue weighted by Gasteiger charge is -2.10. The number of rotatable bonds is 3. The first-order valence-electron chi connectivity index (χ1n) is 5.27. The Balaban J connectivity index is 1.98. The van der Waals surface area contributed by atoms with E-state index in [4.69, 9.17) is 4.74 Å². The van der Waals surface area contributed by atoms with Crippen molar-refractivity contribution in [1.29, 1.82) is 0 Å². The van der Waals surface area contributed by atoms with Gasteiger partial charge in [-0.15, -0.1) is 0 Å². The van der Waals surface area contributed by atoms with Gasteiger partial charge in [-0.05, 0) is 30.0 Å². The van der Waals surface area contributed by atoms with Crippen LogP contribution in [-0.2, 0) is 4.74 Å². The highest BCUT2D eigenvalue weighted by Crippen LogP contribution is 2.27. The van der Waals surface area contributed by atoms with Crippen LogP contribution in [0.2, 0.25) is 0 Å². The summed E-state index contributed by atoms with van der Waals surface area (Å²) >= 11 is 3.45. The molecule has 0 saturated carbocycles. The van der Waals surface area contributed by atoms with Crippen LogP contribution in [0.5, 0.6) is 0 Å². The quantitative estimate of drug-likeness (QED) is 0.911. The van der Waals surface area contributed by atoms with E-state index < -0.39 is 0 Å². The van der Waals surface area contributed by atoms with Gasteiger partial charge in [0.1, 0.15) is 0 Å². The summed E-state index contributed by atoms with van der Waals surface area (Å²) in [6.45, 7) is 1.93. The number of hydrogen-bond acceptors (Lipinski definition) is 2. The lowest BCUT2D eigenvalue weighted by atomic mass is 10.0. The van der Waals surface area contributed by atoms with E-state index in [1.165, 1.54) is 12.0 Å². The maximum atomic E-state index is 5.18. The second-order valence-corrected chi connectivity index (χ2v) is 4.99. The number of hydrogen-bond donors (Lipinski definition) is 1. The van der Waals surface area contributed by atoms with Crippen molar-refractivity contribution in [3.05, 3.63) is 34.3 Å². The second kappa shape index (κ2) is 5.10. The van der Waals surface area contributed by atoms with Gasteiger partial charge in [-0.3, -0.25) is 0 Å². The molecule has 0 aliphatic carbocycles. The molecule has 2 unspecified atom stereocenters. The van der Waals surface area contributed by atoms with Crippen molar-refractivity contribution in [2.45, 2.75) is 12.5 Å². The molecule has 0 spiro atoms. The van der Waals surface area contributed by atoms with Crippen LogP contribution < -0.4 is 5.32 Å². The van der Waals surface area contributed by atoms with Crippen molar-refractivity contribution >= 4 is 15.9 Å². The minimum Gasteiger partial charge on any atom is -0.384 e. The summed E-state index contributed by atoms with van der Waals surface area (Å²) in [6, 6.07) is 9.05. The van der Waals surface area contributed by atoms with Crippen molar-refractivity contribution in [2.24, 2.45) is 5.92 Å². The Labute approximate surface area is 99.1 Å². The highest BCUT2D eigenvalue weighted by Gasteiger charge is 2.24. The van der Waals surface area contributed by atoms with Gasteiger partial charge in [0.05, 0.1) is 6.61 Å². The zero-order valence-corrected chi connectivity index (χ0v) is 10.5. The van der Waals surface area contributed by atoms with Gasteiger partial charge in [0.15, 0.2) is 0 Å². The van der Waals surface area contributed by atoms with Crippen LogP contribution >= 0.6 is 15.9 Å². The van der Waals surface area contributed by atoms with E-state index in [1.54, 1.807) is 7.11 Å². The van der Waals surface area contributed by atoms with Gasteiger partial charge in [-0.1, -0.05) is 28.1 Å². The van der Waals surface area contributed by atoms with Crippen LogP contribution in [0.1, 0.15) is 18.0 Å². The molecule has 1 aromatic carbocycles. The lowest BCUT2D eigenvalue weighted by molar-refractivity contribution is 0.159. The monoisotopic (exact) mass is 269 g/mol. The minimum atomic E-state index is 0.498.